The van der Waals surface area contributed by atoms with Gasteiger partial charge in [0.1, 0.15) is 15.4 Å². The van der Waals surface area contributed by atoms with E-state index in [2.05, 4.69) is 12.1 Å². The van der Waals surface area contributed by atoms with Gasteiger partial charge >= 0.3 is 0 Å². The Morgan fingerprint density at radius 1 is 0.944 bits per heavy atom. The lowest BCUT2D eigenvalue weighted by Crippen LogP contribution is -1.97. The van der Waals surface area contributed by atoms with Gasteiger partial charge in [0.25, 0.3) is 5.90 Å². The Hall–Kier alpha value is 0.310. The SMILES string of the molecule is S=[P+](SP(=S)(S)c1ccccc1)c1ccccc1. The van der Waals surface area contributed by atoms with E-state index in [9.17, 15) is 0 Å². The van der Waals surface area contributed by atoms with Crippen molar-refractivity contribution < 1.29 is 0 Å². The van der Waals surface area contributed by atoms with Crippen LogP contribution in [0.5, 0.6) is 0 Å². The lowest BCUT2D eigenvalue weighted by molar-refractivity contribution is 1.78. The molecule has 6 heteroatoms. The molecule has 0 radical (unpaired) electrons. The maximum Gasteiger partial charge on any atom is 0.289 e. The van der Waals surface area contributed by atoms with E-state index < -0.39 is 10.3 Å². The third-order valence-electron chi connectivity index (χ3n) is 2.23. The zero-order chi connectivity index (χ0) is 13.0. The van der Waals surface area contributed by atoms with Crippen LogP contribution in [0.3, 0.4) is 0 Å². The maximum atomic E-state index is 5.67. The van der Waals surface area contributed by atoms with Crippen LogP contribution in [-0.4, -0.2) is 0 Å². The Morgan fingerprint density at radius 2 is 1.44 bits per heavy atom. The summed E-state index contributed by atoms with van der Waals surface area (Å²) in [4.78, 5) is 0. The summed E-state index contributed by atoms with van der Waals surface area (Å²) in [6.45, 7) is 0. The molecular formula is C12H11P2S4+. The molecule has 0 N–H and O–H groups in total. The Morgan fingerprint density at radius 3 is 2.00 bits per heavy atom. The molecule has 0 aromatic heterocycles. The lowest BCUT2D eigenvalue weighted by Gasteiger charge is -2.08. The second kappa shape index (κ2) is 6.65. The van der Waals surface area contributed by atoms with Crippen LogP contribution in [-0.2, 0) is 23.6 Å². The van der Waals surface area contributed by atoms with Crippen LogP contribution in [0.2, 0.25) is 0 Å². The van der Waals surface area contributed by atoms with Crippen LogP contribution in [0.4, 0.5) is 0 Å². The minimum absolute atomic E-state index is 0.718. The summed E-state index contributed by atoms with van der Waals surface area (Å²) in [5.41, 5.74) is 0. The largest absolute Gasteiger partial charge is 0.289 e. The summed E-state index contributed by atoms with van der Waals surface area (Å²) in [6.07, 6.45) is 0. The summed E-state index contributed by atoms with van der Waals surface area (Å²) >= 11 is 17.6. The van der Waals surface area contributed by atoms with E-state index in [0.717, 1.165) is 5.30 Å². The van der Waals surface area contributed by atoms with Gasteiger partial charge in [-0.1, -0.05) is 60.3 Å². The third kappa shape index (κ3) is 3.90. The first-order chi connectivity index (χ1) is 8.59. The van der Waals surface area contributed by atoms with Gasteiger partial charge in [0.15, 0.2) is 17.1 Å². The van der Waals surface area contributed by atoms with Gasteiger partial charge in [-0.3, -0.25) is 0 Å². The highest BCUT2D eigenvalue weighted by molar-refractivity contribution is 9.12. The molecule has 92 valence electrons. The number of hydrogen-bond donors (Lipinski definition) is 1. The van der Waals surface area contributed by atoms with E-state index in [1.807, 2.05) is 48.5 Å². The molecule has 2 rings (SSSR count). The second-order valence-electron chi connectivity index (χ2n) is 3.53. The zero-order valence-corrected chi connectivity index (χ0v) is 14.5. The van der Waals surface area contributed by atoms with Crippen LogP contribution < -0.4 is 10.6 Å². The molecule has 0 aliphatic rings. The second-order valence-corrected chi connectivity index (χ2v) is 18.5. The molecule has 2 unspecified atom stereocenters. The summed E-state index contributed by atoms with van der Waals surface area (Å²) in [5, 5.41) is 2.31. The number of hydrogen-bond acceptors (Lipinski definition) is 3. The zero-order valence-electron chi connectivity index (χ0n) is 9.34. The quantitative estimate of drug-likeness (QED) is 0.642. The standard InChI is InChI=1S/C12H10P2S4/c15-13(11-7-3-1-4-8-11)18-14(16,17)12-9-5-2-6-10-12/h1-10H/p+1. The molecule has 18 heavy (non-hydrogen) atoms. The minimum atomic E-state index is -1.90. The molecule has 0 saturated heterocycles. The molecule has 2 aromatic carbocycles. The lowest BCUT2D eigenvalue weighted by atomic mass is 10.4. The molecule has 0 fully saturated rings. The van der Waals surface area contributed by atoms with Crippen molar-refractivity contribution in [3.8, 4) is 0 Å². The van der Waals surface area contributed by atoms with Crippen LogP contribution in [0.1, 0.15) is 0 Å². The summed E-state index contributed by atoms with van der Waals surface area (Å²) < 4.78 is -1.90. The maximum absolute atomic E-state index is 5.67. The predicted octanol–water partition coefficient (Wildman–Crippen LogP) is 4.47. The van der Waals surface area contributed by atoms with E-state index >= 15 is 0 Å². The molecule has 0 nitrogen and oxygen atoms in total. The van der Waals surface area contributed by atoms with Crippen molar-refractivity contribution in [1.82, 2.24) is 0 Å². The van der Waals surface area contributed by atoms with Crippen LogP contribution in [0, 0.1) is 0 Å². The monoisotopic (exact) mass is 345 g/mol. The summed E-state index contributed by atoms with van der Waals surface area (Å²) in [7, 11) is 0. The van der Waals surface area contributed by atoms with Crippen molar-refractivity contribution in [1.29, 1.82) is 0 Å². The fourth-order valence-electron chi connectivity index (χ4n) is 1.36. The highest BCUT2D eigenvalue weighted by atomic mass is 33.4. The van der Waals surface area contributed by atoms with Gasteiger partial charge in [-0.05, 0) is 12.1 Å². The molecule has 0 saturated carbocycles. The predicted molar refractivity (Wildman–Crippen MR) is 97.3 cm³/mol. The summed E-state index contributed by atoms with van der Waals surface area (Å²) in [6, 6.07) is 20.3. The molecule has 2 atom stereocenters. The number of benzene rings is 2. The van der Waals surface area contributed by atoms with Crippen molar-refractivity contribution >= 4 is 67.8 Å². The molecule has 0 heterocycles. The van der Waals surface area contributed by atoms with Gasteiger partial charge in [0, 0.05) is 5.30 Å². The summed E-state index contributed by atoms with van der Waals surface area (Å²) in [5.74, 6) is -0.718. The number of thiol groups is 1. The highest BCUT2D eigenvalue weighted by Crippen LogP contribution is 2.71. The first-order valence-corrected chi connectivity index (χ1v) is 13.5. The number of rotatable bonds is 4. The Bertz CT molecular complexity index is 584. The van der Waals surface area contributed by atoms with Crippen molar-refractivity contribution in [2.75, 3.05) is 0 Å². The van der Waals surface area contributed by atoms with Crippen molar-refractivity contribution in [3.05, 3.63) is 60.7 Å². The molecule has 0 aliphatic heterocycles. The molecular weight excluding hydrogens is 334 g/mol. The van der Waals surface area contributed by atoms with Crippen molar-refractivity contribution in [2.45, 2.75) is 0 Å². The molecule has 0 amide bonds. The third-order valence-corrected chi connectivity index (χ3v) is 17.5. The van der Waals surface area contributed by atoms with Crippen LogP contribution in [0.25, 0.3) is 0 Å². The van der Waals surface area contributed by atoms with Crippen LogP contribution >= 0.6 is 33.6 Å². The van der Waals surface area contributed by atoms with Crippen LogP contribution in [0.15, 0.2) is 60.7 Å². The van der Waals surface area contributed by atoms with Crippen molar-refractivity contribution in [2.24, 2.45) is 0 Å². The minimum Gasteiger partial charge on any atom is -0.123 e. The van der Waals surface area contributed by atoms with E-state index in [1.165, 1.54) is 5.30 Å². The van der Waals surface area contributed by atoms with E-state index in [0.29, 0.717) is 0 Å². The Kier molecular flexibility index (Phi) is 5.44. The Balaban J connectivity index is 2.19. The Labute approximate surface area is 128 Å². The first-order valence-electron chi connectivity index (χ1n) is 5.20. The van der Waals surface area contributed by atoms with E-state index in [1.54, 1.807) is 11.0 Å². The molecule has 2 aromatic rings. The average Bonchev–Trinajstić information content (AvgIpc) is 2.40. The smallest absolute Gasteiger partial charge is 0.123 e. The molecule has 0 aliphatic carbocycles. The fraction of sp³-hybridized carbons (Fsp3) is 0. The van der Waals surface area contributed by atoms with Gasteiger partial charge in [-0.15, -0.1) is 12.2 Å². The highest BCUT2D eigenvalue weighted by Gasteiger charge is 2.28. The normalized spacial score (nSPS) is 14.8. The molecule has 0 spiro atoms. The van der Waals surface area contributed by atoms with Gasteiger partial charge in [-0.25, -0.2) is 0 Å². The van der Waals surface area contributed by atoms with E-state index in [-0.39, 0.29) is 0 Å². The van der Waals surface area contributed by atoms with Gasteiger partial charge < -0.3 is 0 Å². The van der Waals surface area contributed by atoms with E-state index in [4.69, 9.17) is 35.9 Å². The average molecular weight is 345 g/mol. The molecule has 0 bridgehead atoms. The van der Waals surface area contributed by atoms with Gasteiger partial charge in [0.2, 0.25) is 0 Å². The van der Waals surface area contributed by atoms with Crippen molar-refractivity contribution in [3.63, 3.8) is 0 Å². The fourth-order valence-corrected chi connectivity index (χ4v) is 18.2. The van der Waals surface area contributed by atoms with Gasteiger partial charge in [-0.2, -0.15) is 0 Å². The first kappa shape index (κ1) is 14.7. The van der Waals surface area contributed by atoms with Gasteiger partial charge in [0.05, 0.1) is 0 Å². The topological polar surface area (TPSA) is 0 Å².